The van der Waals surface area contributed by atoms with Crippen molar-refractivity contribution in [3.8, 4) is 6.07 Å². The van der Waals surface area contributed by atoms with Gasteiger partial charge in [0.1, 0.15) is 16.8 Å². The number of hydrogen-bond acceptors (Lipinski definition) is 4. The highest BCUT2D eigenvalue weighted by molar-refractivity contribution is 7.92. The molecule has 124 valence electrons. The Hall–Kier alpha value is -3.00. The van der Waals surface area contributed by atoms with Crippen molar-refractivity contribution < 1.29 is 21.6 Å². The van der Waals surface area contributed by atoms with E-state index in [0.717, 1.165) is 18.3 Å². The molecule has 0 amide bonds. The fourth-order valence-corrected chi connectivity index (χ4v) is 3.16. The quantitative estimate of drug-likeness (QED) is 0.750. The van der Waals surface area contributed by atoms with Gasteiger partial charge in [-0.2, -0.15) is 19.1 Å². The molecule has 0 atom stereocenters. The summed E-state index contributed by atoms with van der Waals surface area (Å²) in [6.45, 7) is -2.98. The molecular formula is C13H8F3N5O2S. The van der Waals surface area contributed by atoms with E-state index in [1.165, 1.54) is 6.20 Å². The molecule has 11 heteroatoms. The highest BCUT2D eigenvalue weighted by Gasteiger charge is 2.21. The van der Waals surface area contributed by atoms with Crippen LogP contribution in [0.2, 0.25) is 0 Å². The van der Waals surface area contributed by atoms with Crippen LogP contribution in [0.5, 0.6) is 0 Å². The third kappa shape index (κ3) is 2.56. The maximum Gasteiger partial charge on any atom is 0.333 e. The molecule has 2 aromatic heterocycles. The Morgan fingerprint density at radius 1 is 1.38 bits per heavy atom. The zero-order valence-corrected chi connectivity index (χ0v) is 12.5. The Labute approximate surface area is 133 Å². The van der Waals surface area contributed by atoms with Gasteiger partial charge in [0.15, 0.2) is 0 Å². The number of hydrogen-bond donors (Lipinski definition) is 2. The van der Waals surface area contributed by atoms with Crippen molar-refractivity contribution in [2.75, 3.05) is 4.72 Å². The van der Waals surface area contributed by atoms with E-state index in [1.54, 1.807) is 6.07 Å². The number of halogens is 3. The van der Waals surface area contributed by atoms with Crippen LogP contribution in [0, 0.1) is 17.1 Å². The van der Waals surface area contributed by atoms with E-state index in [2.05, 4.69) is 14.8 Å². The predicted octanol–water partition coefficient (Wildman–Crippen LogP) is 2.57. The second-order valence-corrected chi connectivity index (χ2v) is 6.38. The van der Waals surface area contributed by atoms with Crippen LogP contribution in [0.1, 0.15) is 12.1 Å². The van der Waals surface area contributed by atoms with Gasteiger partial charge in [-0.05, 0) is 12.1 Å². The number of nitrogens with zero attached hydrogens (tertiary/aromatic N) is 3. The molecule has 0 aliphatic heterocycles. The molecule has 0 aliphatic rings. The molecule has 0 aliphatic carbocycles. The number of H-pyrrole nitrogens is 1. The van der Waals surface area contributed by atoms with E-state index in [9.17, 15) is 21.6 Å². The lowest BCUT2D eigenvalue weighted by molar-refractivity contribution is 0.0564. The minimum absolute atomic E-state index is 0.00840. The Kier molecular flexibility index (Phi) is 3.69. The summed E-state index contributed by atoms with van der Waals surface area (Å²) in [5.74, 6) is -0.698. The third-order valence-corrected chi connectivity index (χ3v) is 4.56. The van der Waals surface area contributed by atoms with E-state index < -0.39 is 27.3 Å². The normalized spacial score (nSPS) is 11.8. The molecule has 2 heterocycles. The standard InChI is InChI=1S/C13H8F3N5O2S/c14-9-1-2-10(12-11(9)7(3-17)4-18-12)20-24(22,23)8-5-19-21(6-8)13(15)16/h1-2,4-6,13,18,20H. The number of rotatable bonds is 4. The van der Waals surface area contributed by atoms with Gasteiger partial charge in [-0.15, -0.1) is 0 Å². The maximum absolute atomic E-state index is 13.9. The second-order valence-electron chi connectivity index (χ2n) is 4.70. The zero-order chi connectivity index (χ0) is 17.5. The minimum Gasteiger partial charge on any atom is -0.358 e. The molecule has 24 heavy (non-hydrogen) atoms. The fourth-order valence-electron chi connectivity index (χ4n) is 2.15. The molecule has 1 aromatic carbocycles. The van der Waals surface area contributed by atoms with Gasteiger partial charge in [-0.1, -0.05) is 0 Å². The second kappa shape index (κ2) is 5.57. The number of benzene rings is 1. The number of nitrogens with one attached hydrogen (secondary N) is 2. The van der Waals surface area contributed by atoms with Gasteiger partial charge in [0.25, 0.3) is 10.0 Å². The van der Waals surface area contributed by atoms with Gasteiger partial charge in [-0.25, -0.2) is 17.5 Å². The predicted molar refractivity (Wildman–Crippen MR) is 77.3 cm³/mol. The summed E-state index contributed by atoms with van der Waals surface area (Å²) in [6, 6.07) is 3.94. The molecule has 3 rings (SSSR count). The molecule has 0 saturated carbocycles. The van der Waals surface area contributed by atoms with Gasteiger partial charge in [0.2, 0.25) is 0 Å². The fraction of sp³-hybridized carbons (Fsp3) is 0.0769. The number of aromatic amines is 1. The Balaban J connectivity index is 2.04. The van der Waals surface area contributed by atoms with E-state index in [-0.39, 0.29) is 26.8 Å². The largest absolute Gasteiger partial charge is 0.358 e. The molecule has 0 saturated heterocycles. The topological polar surface area (TPSA) is 104 Å². The molecule has 7 nitrogen and oxygen atoms in total. The van der Waals surface area contributed by atoms with E-state index in [4.69, 9.17) is 5.26 Å². The highest BCUT2D eigenvalue weighted by Crippen LogP contribution is 2.29. The lowest BCUT2D eigenvalue weighted by atomic mass is 10.1. The average molecular weight is 355 g/mol. The molecule has 0 spiro atoms. The monoisotopic (exact) mass is 355 g/mol. The number of nitriles is 1. The smallest absolute Gasteiger partial charge is 0.333 e. The molecule has 2 N–H and O–H groups in total. The number of sulfonamides is 1. The first-order chi connectivity index (χ1) is 11.3. The van der Waals surface area contributed by atoms with Crippen molar-refractivity contribution in [3.05, 3.63) is 42.1 Å². The Morgan fingerprint density at radius 2 is 2.12 bits per heavy atom. The van der Waals surface area contributed by atoms with Gasteiger partial charge >= 0.3 is 6.55 Å². The van der Waals surface area contributed by atoms with Gasteiger partial charge in [-0.3, -0.25) is 4.72 Å². The molecule has 0 fully saturated rings. The summed E-state index contributed by atoms with van der Waals surface area (Å²) in [5.41, 5.74) is 0.0446. The van der Waals surface area contributed by atoms with Crippen LogP contribution in [-0.4, -0.2) is 23.2 Å². The SMILES string of the molecule is N#Cc1c[nH]c2c(NS(=O)(=O)c3cnn(C(F)F)c3)ccc(F)c12. The van der Waals surface area contributed by atoms with Crippen molar-refractivity contribution in [3.63, 3.8) is 0 Å². The van der Waals surface area contributed by atoms with Crippen LogP contribution in [0.15, 0.2) is 35.6 Å². The van der Waals surface area contributed by atoms with Crippen LogP contribution in [0.4, 0.5) is 18.9 Å². The number of alkyl halides is 2. The maximum atomic E-state index is 13.9. The summed E-state index contributed by atoms with van der Waals surface area (Å²) in [5, 5.41) is 12.1. The Morgan fingerprint density at radius 3 is 2.75 bits per heavy atom. The molecule has 3 aromatic rings. The minimum atomic E-state index is -4.22. The van der Waals surface area contributed by atoms with Crippen LogP contribution in [0.3, 0.4) is 0 Å². The van der Waals surface area contributed by atoms with E-state index in [1.807, 2.05) is 0 Å². The summed E-state index contributed by atoms with van der Waals surface area (Å²) in [7, 11) is -4.22. The van der Waals surface area contributed by atoms with Crippen LogP contribution >= 0.6 is 0 Å². The lowest BCUT2D eigenvalue weighted by Crippen LogP contribution is -2.13. The summed E-state index contributed by atoms with van der Waals surface area (Å²) >= 11 is 0. The van der Waals surface area contributed by atoms with Crippen LogP contribution < -0.4 is 4.72 Å². The molecular weight excluding hydrogens is 347 g/mol. The van der Waals surface area contributed by atoms with Crippen molar-refractivity contribution in [1.29, 1.82) is 5.26 Å². The molecule has 0 radical (unpaired) electrons. The zero-order valence-electron chi connectivity index (χ0n) is 11.7. The average Bonchev–Trinajstić information content (AvgIpc) is 3.17. The van der Waals surface area contributed by atoms with Gasteiger partial charge in [0, 0.05) is 6.20 Å². The van der Waals surface area contributed by atoms with Crippen molar-refractivity contribution in [2.24, 2.45) is 0 Å². The van der Waals surface area contributed by atoms with Crippen molar-refractivity contribution in [1.82, 2.24) is 14.8 Å². The first-order valence-corrected chi connectivity index (χ1v) is 7.86. The van der Waals surface area contributed by atoms with Crippen molar-refractivity contribution in [2.45, 2.75) is 11.4 Å². The van der Waals surface area contributed by atoms with Gasteiger partial charge < -0.3 is 4.98 Å². The summed E-state index contributed by atoms with van der Waals surface area (Å²) in [6.07, 6.45) is 2.67. The highest BCUT2D eigenvalue weighted by atomic mass is 32.2. The first kappa shape index (κ1) is 15.9. The van der Waals surface area contributed by atoms with Crippen molar-refractivity contribution >= 4 is 26.6 Å². The molecule has 0 unspecified atom stereocenters. The summed E-state index contributed by atoms with van der Waals surface area (Å²) in [4.78, 5) is 2.14. The third-order valence-electron chi connectivity index (χ3n) is 3.24. The van der Waals surface area contributed by atoms with Crippen LogP contribution in [-0.2, 0) is 10.0 Å². The molecule has 0 bridgehead atoms. The lowest BCUT2D eigenvalue weighted by Gasteiger charge is -2.08. The Bertz CT molecular complexity index is 1070. The number of fused-ring (bicyclic) bond motifs is 1. The van der Waals surface area contributed by atoms with Crippen LogP contribution in [0.25, 0.3) is 10.9 Å². The van der Waals surface area contributed by atoms with Gasteiger partial charge in [0.05, 0.1) is 34.5 Å². The van der Waals surface area contributed by atoms with E-state index >= 15 is 0 Å². The number of aromatic nitrogens is 3. The summed E-state index contributed by atoms with van der Waals surface area (Å²) < 4.78 is 65.7. The number of anilines is 1. The van der Waals surface area contributed by atoms with E-state index in [0.29, 0.717) is 6.20 Å². The first-order valence-electron chi connectivity index (χ1n) is 6.38.